The van der Waals surface area contributed by atoms with Crippen molar-refractivity contribution >= 4 is 0 Å². The van der Waals surface area contributed by atoms with Crippen LogP contribution in [0.4, 0.5) is 0 Å². The lowest BCUT2D eigenvalue weighted by molar-refractivity contribution is 0.414. The zero-order valence-electron chi connectivity index (χ0n) is 12.6. The number of rotatable bonds is 6. The first kappa shape index (κ1) is 14.5. The Morgan fingerprint density at radius 1 is 1.40 bits per heavy atom. The molecule has 1 N–H and O–H groups in total. The van der Waals surface area contributed by atoms with Gasteiger partial charge in [0.15, 0.2) is 0 Å². The number of nitrogens with zero attached hydrogens (tertiary/aromatic N) is 3. The van der Waals surface area contributed by atoms with Crippen LogP contribution < -0.4 is 10.1 Å². The second-order valence-electron chi connectivity index (χ2n) is 4.96. The van der Waals surface area contributed by atoms with E-state index in [2.05, 4.69) is 29.2 Å². The maximum Gasteiger partial charge on any atom is 0.221 e. The zero-order chi connectivity index (χ0) is 14.5. The van der Waals surface area contributed by atoms with Crippen molar-refractivity contribution < 1.29 is 4.74 Å². The van der Waals surface area contributed by atoms with Crippen molar-refractivity contribution in [2.75, 3.05) is 6.54 Å². The average Bonchev–Trinajstić information content (AvgIpc) is 2.75. The summed E-state index contributed by atoms with van der Waals surface area (Å²) in [6.45, 7) is 7.24. The maximum absolute atomic E-state index is 5.71. The van der Waals surface area contributed by atoms with Gasteiger partial charge in [0.1, 0.15) is 0 Å². The molecule has 0 bridgehead atoms. The van der Waals surface area contributed by atoms with Gasteiger partial charge < -0.3 is 10.1 Å². The monoisotopic (exact) mass is 274 g/mol. The smallest absolute Gasteiger partial charge is 0.221 e. The van der Waals surface area contributed by atoms with Crippen molar-refractivity contribution in [1.82, 2.24) is 20.1 Å². The third-order valence-electron chi connectivity index (χ3n) is 3.13. The lowest BCUT2D eigenvalue weighted by Gasteiger charge is -2.13. The van der Waals surface area contributed by atoms with Gasteiger partial charge in [-0.25, -0.2) is 9.67 Å². The van der Waals surface area contributed by atoms with E-state index in [1.54, 1.807) is 4.68 Å². The Bertz CT molecular complexity index is 548. The van der Waals surface area contributed by atoms with Crippen molar-refractivity contribution in [1.29, 1.82) is 0 Å². The highest BCUT2D eigenvalue weighted by molar-refractivity contribution is 5.25. The normalized spacial score (nSPS) is 12.4. The Labute approximate surface area is 120 Å². The molecule has 2 heterocycles. The molecule has 2 aromatic rings. The minimum atomic E-state index is 0.301. The van der Waals surface area contributed by atoms with Crippen LogP contribution in [0.1, 0.15) is 37.6 Å². The molecule has 1 atom stereocenters. The lowest BCUT2D eigenvalue weighted by atomic mass is 10.1. The second-order valence-corrected chi connectivity index (χ2v) is 4.96. The highest BCUT2D eigenvalue weighted by atomic mass is 16.5. The van der Waals surface area contributed by atoms with Crippen LogP contribution in [0.25, 0.3) is 0 Å². The lowest BCUT2D eigenvalue weighted by Crippen LogP contribution is -2.19. The topological polar surface area (TPSA) is 52.0 Å². The van der Waals surface area contributed by atoms with Gasteiger partial charge in [0.05, 0.1) is 5.69 Å². The van der Waals surface area contributed by atoms with Crippen molar-refractivity contribution in [2.45, 2.75) is 33.2 Å². The maximum atomic E-state index is 5.71. The van der Waals surface area contributed by atoms with E-state index in [1.807, 2.05) is 38.4 Å². The highest BCUT2D eigenvalue weighted by Gasteiger charge is 2.08. The molecule has 0 saturated heterocycles. The van der Waals surface area contributed by atoms with Gasteiger partial charge in [-0.05, 0) is 32.4 Å². The van der Waals surface area contributed by atoms with Gasteiger partial charge in [-0.3, -0.25) is 0 Å². The van der Waals surface area contributed by atoms with E-state index < -0.39 is 0 Å². The molecule has 0 aromatic carbocycles. The molecule has 0 radical (unpaired) electrons. The molecule has 5 nitrogen and oxygen atoms in total. The van der Waals surface area contributed by atoms with Gasteiger partial charge in [0, 0.05) is 31.4 Å². The molecule has 0 fully saturated rings. The largest absolute Gasteiger partial charge is 0.421 e. The average molecular weight is 274 g/mol. The van der Waals surface area contributed by atoms with E-state index in [0.29, 0.717) is 17.8 Å². The van der Waals surface area contributed by atoms with E-state index >= 15 is 0 Å². The van der Waals surface area contributed by atoms with E-state index in [1.165, 1.54) is 0 Å². The number of aryl methyl sites for hydroxylation is 2. The van der Waals surface area contributed by atoms with Crippen LogP contribution in [0.5, 0.6) is 11.8 Å². The number of ether oxygens (including phenoxy) is 1. The summed E-state index contributed by atoms with van der Waals surface area (Å²) in [5.41, 5.74) is 2.09. The minimum Gasteiger partial charge on any atom is -0.421 e. The SMILES string of the molecule is CCCNC(C)c1ccc(Oc2cc(C)nn2C)nc1. The van der Waals surface area contributed by atoms with E-state index in [-0.39, 0.29) is 0 Å². The van der Waals surface area contributed by atoms with E-state index in [9.17, 15) is 0 Å². The third kappa shape index (κ3) is 3.57. The predicted octanol–water partition coefficient (Wildman–Crippen LogP) is 2.98. The first-order chi connectivity index (χ1) is 9.60. The van der Waals surface area contributed by atoms with Gasteiger partial charge in [0.25, 0.3) is 0 Å². The Balaban J connectivity index is 2.03. The molecule has 2 rings (SSSR count). The standard InChI is InChI=1S/C15H22N4O/c1-5-8-16-12(3)13-6-7-14(17-10-13)20-15-9-11(2)18-19(15)4/h6-7,9-10,12,16H,5,8H2,1-4H3. The van der Waals surface area contributed by atoms with Crippen LogP contribution >= 0.6 is 0 Å². The van der Waals surface area contributed by atoms with E-state index in [4.69, 9.17) is 4.74 Å². The number of nitrogens with one attached hydrogen (secondary N) is 1. The molecule has 20 heavy (non-hydrogen) atoms. The molecule has 108 valence electrons. The first-order valence-corrected chi connectivity index (χ1v) is 6.98. The highest BCUT2D eigenvalue weighted by Crippen LogP contribution is 2.21. The van der Waals surface area contributed by atoms with Crippen LogP contribution in [0, 0.1) is 6.92 Å². The summed E-state index contributed by atoms with van der Waals surface area (Å²) in [7, 11) is 1.85. The van der Waals surface area contributed by atoms with Gasteiger partial charge in [0.2, 0.25) is 11.8 Å². The molecule has 0 saturated carbocycles. The van der Waals surface area contributed by atoms with Crippen LogP contribution in [0.3, 0.4) is 0 Å². The summed E-state index contributed by atoms with van der Waals surface area (Å²) in [5.74, 6) is 1.28. The Kier molecular flexibility index (Phi) is 4.74. The quantitative estimate of drug-likeness (QED) is 0.880. The van der Waals surface area contributed by atoms with E-state index in [0.717, 1.165) is 24.2 Å². The van der Waals surface area contributed by atoms with Crippen LogP contribution in [-0.4, -0.2) is 21.3 Å². The molecule has 0 aliphatic rings. The van der Waals surface area contributed by atoms with Crippen LogP contribution in [0.15, 0.2) is 24.4 Å². The molecule has 1 unspecified atom stereocenters. The van der Waals surface area contributed by atoms with Crippen molar-refractivity contribution in [3.63, 3.8) is 0 Å². The van der Waals surface area contributed by atoms with Crippen molar-refractivity contribution in [3.05, 3.63) is 35.7 Å². The molecule has 0 spiro atoms. The summed E-state index contributed by atoms with van der Waals surface area (Å²) < 4.78 is 7.42. The number of hydrogen-bond acceptors (Lipinski definition) is 4. The molecule has 0 aliphatic heterocycles. The Hall–Kier alpha value is -1.88. The minimum absolute atomic E-state index is 0.301. The number of hydrogen-bond donors (Lipinski definition) is 1. The summed E-state index contributed by atoms with van der Waals surface area (Å²) in [6, 6.07) is 6.12. The summed E-state index contributed by atoms with van der Waals surface area (Å²) in [6.07, 6.45) is 2.98. The third-order valence-corrected chi connectivity index (χ3v) is 3.13. The Morgan fingerprint density at radius 2 is 2.20 bits per heavy atom. The van der Waals surface area contributed by atoms with Gasteiger partial charge >= 0.3 is 0 Å². The second kappa shape index (κ2) is 6.52. The van der Waals surface area contributed by atoms with Crippen molar-refractivity contribution in [2.24, 2.45) is 7.05 Å². The molecule has 0 amide bonds. The fourth-order valence-electron chi connectivity index (χ4n) is 1.98. The van der Waals surface area contributed by atoms with Crippen LogP contribution in [-0.2, 0) is 7.05 Å². The molecule has 5 heteroatoms. The van der Waals surface area contributed by atoms with Crippen LogP contribution in [0.2, 0.25) is 0 Å². The molecule has 2 aromatic heterocycles. The molecular weight excluding hydrogens is 252 g/mol. The number of pyridine rings is 1. The van der Waals surface area contributed by atoms with Gasteiger partial charge in [-0.2, -0.15) is 5.10 Å². The molecule has 0 aliphatic carbocycles. The first-order valence-electron chi connectivity index (χ1n) is 6.98. The van der Waals surface area contributed by atoms with Gasteiger partial charge in [-0.15, -0.1) is 0 Å². The predicted molar refractivity (Wildman–Crippen MR) is 79.0 cm³/mol. The Morgan fingerprint density at radius 3 is 2.75 bits per heavy atom. The summed E-state index contributed by atoms with van der Waals surface area (Å²) in [5, 5.41) is 7.68. The number of aromatic nitrogens is 3. The van der Waals surface area contributed by atoms with Gasteiger partial charge in [-0.1, -0.05) is 13.0 Å². The summed E-state index contributed by atoms with van der Waals surface area (Å²) in [4.78, 5) is 4.35. The fraction of sp³-hybridized carbons (Fsp3) is 0.467. The summed E-state index contributed by atoms with van der Waals surface area (Å²) >= 11 is 0. The molecular formula is C15H22N4O. The van der Waals surface area contributed by atoms with Crippen molar-refractivity contribution in [3.8, 4) is 11.8 Å². The fourth-order valence-corrected chi connectivity index (χ4v) is 1.98. The zero-order valence-corrected chi connectivity index (χ0v) is 12.6.